The van der Waals surface area contributed by atoms with Gasteiger partial charge < -0.3 is 10.1 Å². The van der Waals surface area contributed by atoms with Crippen molar-refractivity contribution in [3.05, 3.63) is 101 Å². The van der Waals surface area contributed by atoms with Gasteiger partial charge in [0, 0.05) is 0 Å². The Kier molecular flexibility index (Phi) is 5.69. The van der Waals surface area contributed by atoms with Crippen molar-refractivity contribution in [2.45, 2.75) is 19.9 Å². The first kappa shape index (κ1) is 17.7. The van der Waals surface area contributed by atoms with Crippen LogP contribution in [0.15, 0.2) is 78.9 Å². The largest absolute Gasteiger partial charge is 0.484 e. The molecule has 0 bridgehead atoms. The van der Waals surface area contributed by atoms with Gasteiger partial charge in [-0.15, -0.1) is 0 Å². The first-order chi connectivity index (χ1) is 12.6. The van der Waals surface area contributed by atoms with Crippen molar-refractivity contribution < 1.29 is 9.53 Å². The zero-order valence-electron chi connectivity index (χ0n) is 15.1. The van der Waals surface area contributed by atoms with Gasteiger partial charge in [0.1, 0.15) is 5.75 Å². The third-order valence-electron chi connectivity index (χ3n) is 4.26. The number of nitrogens with one attached hydrogen (secondary N) is 1. The summed E-state index contributed by atoms with van der Waals surface area (Å²) in [4.78, 5) is 12.5. The number of hydrogen-bond acceptors (Lipinski definition) is 2. The van der Waals surface area contributed by atoms with Gasteiger partial charge in [0.15, 0.2) is 6.61 Å². The molecule has 132 valence electrons. The molecule has 0 aliphatic carbocycles. The standard InChI is InChI=1S/C23H23NO2/c1-17-13-14-21(18(2)15-17)26-16-22(25)24-23(19-9-5-3-6-10-19)20-11-7-4-8-12-20/h3-15,23H,16H2,1-2H3,(H,24,25). The van der Waals surface area contributed by atoms with Gasteiger partial charge in [-0.2, -0.15) is 0 Å². The van der Waals surface area contributed by atoms with Gasteiger partial charge in [-0.05, 0) is 36.6 Å². The van der Waals surface area contributed by atoms with E-state index in [4.69, 9.17) is 4.74 Å². The average Bonchev–Trinajstić information content (AvgIpc) is 2.67. The van der Waals surface area contributed by atoms with Crippen molar-refractivity contribution in [3.8, 4) is 5.75 Å². The number of carbonyl (C=O) groups is 1. The minimum atomic E-state index is -0.201. The highest BCUT2D eigenvalue weighted by Crippen LogP contribution is 2.22. The molecular formula is C23H23NO2. The molecule has 1 amide bonds. The summed E-state index contributed by atoms with van der Waals surface area (Å²) in [6.45, 7) is 4.00. The second-order valence-electron chi connectivity index (χ2n) is 6.38. The van der Waals surface area contributed by atoms with Crippen LogP contribution in [0, 0.1) is 13.8 Å². The number of carbonyl (C=O) groups excluding carboxylic acids is 1. The third-order valence-corrected chi connectivity index (χ3v) is 4.26. The van der Waals surface area contributed by atoms with Gasteiger partial charge in [0.2, 0.25) is 0 Å². The Hall–Kier alpha value is -3.07. The van der Waals surface area contributed by atoms with Crippen molar-refractivity contribution in [2.24, 2.45) is 0 Å². The monoisotopic (exact) mass is 345 g/mol. The summed E-state index contributed by atoms with van der Waals surface area (Å²) in [5.74, 6) is 0.587. The highest BCUT2D eigenvalue weighted by atomic mass is 16.5. The normalized spacial score (nSPS) is 10.6. The summed E-state index contributed by atoms with van der Waals surface area (Å²) < 4.78 is 5.71. The Morgan fingerprint density at radius 1 is 0.885 bits per heavy atom. The summed E-state index contributed by atoms with van der Waals surface area (Å²) >= 11 is 0. The summed E-state index contributed by atoms with van der Waals surface area (Å²) in [7, 11) is 0. The maximum atomic E-state index is 12.5. The number of benzene rings is 3. The minimum absolute atomic E-state index is 0.0138. The molecule has 0 unspecified atom stereocenters. The van der Waals surface area contributed by atoms with E-state index in [-0.39, 0.29) is 18.6 Å². The zero-order chi connectivity index (χ0) is 18.4. The molecule has 0 heterocycles. The van der Waals surface area contributed by atoms with Crippen LogP contribution < -0.4 is 10.1 Å². The Morgan fingerprint density at radius 3 is 2.00 bits per heavy atom. The molecule has 26 heavy (non-hydrogen) atoms. The lowest BCUT2D eigenvalue weighted by atomic mass is 9.99. The summed E-state index contributed by atoms with van der Waals surface area (Å²) in [5, 5.41) is 3.09. The molecule has 0 aliphatic rings. The van der Waals surface area contributed by atoms with E-state index in [9.17, 15) is 4.79 Å². The van der Waals surface area contributed by atoms with Crippen LogP contribution >= 0.6 is 0 Å². The van der Waals surface area contributed by atoms with Gasteiger partial charge in [0.05, 0.1) is 6.04 Å². The highest BCUT2D eigenvalue weighted by molar-refractivity contribution is 5.78. The summed E-state index contributed by atoms with van der Waals surface area (Å²) in [6, 6.07) is 25.6. The molecule has 0 aliphatic heterocycles. The topological polar surface area (TPSA) is 38.3 Å². The van der Waals surface area contributed by atoms with Crippen LogP contribution in [0.1, 0.15) is 28.3 Å². The Balaban J connectivity index is 1.71. The first-order valence-corrected chi connectivity index (χ1v) is 8.73. The smallest absolute Gasteiger partial charge is 0.258 e. The second-order valence-corrected chi connectivity index (χ2v) is 6.38. The van der Waals surface area contributed by atoms with Crippen molar-refractivity contribution in [3.63, 3.8) is 0 Å². The van der Waals surface area contributed by atoms with Crippen molar-refractivity contribution in [1.29, 1.82) is 0 Å². The van der Waals surface area contributed by atoms with Crippen LogP contribution in [-0.2, 0) is 4.79 Å². The van der Waals surface area contributed by atoms with Crippen LogP contribution in [0.25, 0.3) is 0 Å². The van der Waals surface area contributed by atoms with Crippen molar-refractivity contribution in [2.75, 3.05) is 6.61 Å². The lowest BCUT2D eigenvalue weighted by Gasteiger charge is -2.20. The lowest BCUT2D eigenvalue weighted by molar-refractivity contribution is -0.123. The molecule has 0 aromatic heterocycles. The van der Waals surface area contributed by atoms with Crippen LogP contribution in [0.2, 0.25) is 0 Å². The Morgan fingerprint density at radius 2 is 1.46 bits per heavy atom. The molecule has 0 radical (unpaired) electrons. The molecule has 0 saturated heterocycles. The fraction of sp³-hybridized carbons (Fsp3) is 0.174. The van der Waals surface area contributed by atoms with Crippen LogP contribution in [0.4, 0.5) is 0 Å². The fourth-order valence-electron chi connectivity index (χ4n) is 2.96. The minimum Gasteiger partial charge on any atom is -0.484 e. The zero-order valence-corrected chi connectivity index (χ0v) is 15.1. The van der Waals surface area contributed by atoms with Gasteiger partial charge >= 0.3 is 0 Å². The maximum Gasteiger partial charge on any atom is 0.258 e. The molecule has 0 saturated carbocycles. The molecule has 3 rings (SSSR count). The van der Waals surface area contributed by atoms with Crippen LogP contribution in [0.5, 0.6) is 5.75 Å². The van der Waals surface area contributed by atoms with E-state index in [1.54, 1.807) is 0 Å². The SMILES string of the molecule is Cc1ccc(OCC(=O)NC(c2ccccc2)c2ccccc2)c(C)c1. The average molecular weight is 345 g/mol. The van der Waals surface area contributed by atoms with Crippen molar-refractivity contribution in [1.82, 2.24) is 5.32 Å². The molecule has 0 spiro atoms. The van der Waals surface area contributed by atoms with E-state index in [0.29, 0.717) is 0 Å². The molecule has 0 atom stereocenters. The number of amides is 1. The van der Waals surface area contributed by atoms with E-state index in [0.717, 1.165) is 22.4 Å². The van der Waals surface area contributed by atoms with E-state index in [1.165, 1.54) is 5.56 Å². The summed E-state index contributed by atoms with van der Waals surface area (Å²) in [6.07, 6.45) is 0. The summed E-state index contributed by atoms with van der Waals surface area (Å²) in [5.41, 5.74) is 4.28. The molecule has 0 fully saturated rings. The molecule has 3 heteroatoms. The van der Waals surface area contributed by atoms with E-state index < -0.39 is 0 Å². The molecule has 1 N–H and O–H groups in total. The second kappa shape index (κ2) is 8.34. The number of ether oxygens (including phenoxy) is 1. The molecule has 3 aromatic rings. The van der Waals surface area contributed by atoms with Gasteiger partial charge in [-0.25, -0.2) is 0 Å². The highest BCUT2D eigenvalue weighted by Gasteiger charge is 2.17. The van der Waals surface area contributed by atoms with E-state index in [1.807, 2.05) is 92.7 Å². The quantitative estimate of drug-likeness (QED) is 0.710. The Bertz CT molecular complexity index is 820. The number of aryl methyl sites for hydroxylation is 2. The van der Waals surface area contributed by atoms with Gasteiger partial charge in [-0.3, -0.25) is 4.79 Å². The van der Waals surface area contributed by atoms with E-state index >= 15 is 0 Å². The van der Waals surface area contributed by atoms with Crippen molar-refractivity contribution >= 4 is 5.91 Å². The van der Waals surface area contributed by atoms with Gasteiger partial charge in [0.25, 0.3) is 5.91 Å². The lowest BCUT2D eigenvalue weighted by Crippen LogP contribution is -2.33. The molecule has 3 nitrogen and oxygen atoms in total. The predicted octanol–water partition coefficient (Wildman–Crippen LogP) is 4.59. The van der Waals surface area contributed by atoms with Crippen LogP contribution in [0.3, 0.4) is 0 Å². The van der Waals surface area contributed by atoms with E-state index in [2.05, 4.69) is 5.32 Å². The predicted molar refractivity (Wildman–Crippen MR) is 104 cm³/mol. The number of rotatable bonds is 6. The van der Waals surface area contributed by atoms with Crippen LogP contribution in [-0.4, -0.2) is 12.5 Å². The molecule has 3 aromatic carbocycles. The third kappa shape index (κ3) is 4.51. The number of hydrogen-bond donors (Lipinski definition) is 1. The first-order valence-electron chi connectivity index (χ1n) is 8.73. The Labute approximate surface area is 154 Å². The maximum absolute atomic E-state index is 12.5. The molecular weight excluding hydrogens is 322 g/mol. The fourth-order valence-corrected chi connectivity index (χ4v) is 2.96. The van der Waals surface area contributed by atoms with Gasteiger partial charge in [-0.1, -0.05) is 78.4 Å².